The SMILES string of the molecule is CC1(C)C[C@H](N(Cc2cccs2)C(=O)c2ccco2)CCO1. The van der Waals surface area contributed by atoms with E-state index in [0.717, 1.165) is 12.8 Å². The van der Waals surface area contributed by atoms with Crippen molar-refractivity contribution in [2.24, 2.45) is 0 Å². The number of amides is 1. The Bertz CT molecular complexity index is 604. The third-order valence-corrected chi connectivity index (χ3v) is 4.87. The Kier molecular flexibility index (Phi) is 4.36. The second kappa shape index (κ2) is 6.26. The van der Waals surface area contributed by atoms with Gasteiger partial charge in [0.1, 0.15) is 0 Å². The Morgan fingerprint density at radius 2 is 2.27 bits per heavy atom. The molecule has 0 aromatic carbocycles. The van der Waals surface area contributed by atoms with Crippen molar-refractivity contribution in [1.29, 1.82) is 0 Å². The van der Waals surface area contributed by atoms with Crippen LogP contribution in [0.2, 0.25) is 0 Å². The number of ether oxygens (including phenoxy) is 1. The lowest BCUT2D eigenvalue weighted by Gasteiger charge is -2.41. The molecule has 3 heterocycles. The minimum Gasteiger partial charge on any atom is -0.459 e. The van der Waals surface area contributed by atoms with E-state index in [-0.39, 0.29) is 17.6 Å². The summed E-state index contributed by atoms with van der Waals surface area (Å²) in [4.78, 5) is 16.0. The van der Waals surface area contributed by atoms with Gasteiger partial charge in [-0.1, -0.05) is 6.07 Å². The van der Waals surface area contributed by atoms with Gasteiger partial charge in [-0.3, -0.25) is 4.79 Å². The number of carbonyl (C=O) groups excluding carboxylic acids is 1. The average molecular weight is 319 g/mol. The highest BCUT2D eigenvalue weighted by Crippen LogP contribution is 2.30. The maximum atomic E-state index is 12.8. The van der Waals surface area contributed by atoms with E-state index < -0.39 is 0 Å². The van der Waals surface area contributed by atoms with E-state index in [4.69, 9.17) is 9.15 Å². The zero-order valence-corrected chi connectivity index (χ0v) is 13.8. The number of thiophene rings is 1. The zero-order valence-electron chi connectivity index (χ0n) is 13.0. The highest BCUT2D eigenvalue weighted by Gasteiger charge is 2.35. The standard InChI is InChI=1S/C17H21NO3S/c1-17(2)11-13(7-9-21-17)18(12-14-5-4-10-22-14)16(19)15-6-3-8-20-15/h3-6,8,10,13H,7,9,11-12H2,1-2H3/t13-/m1/s1. The Labute approximate surface area is 134 Å². The second-order valence-corrected chi connectivity index (χ2v) is 7.28. The lowest BCUT2D eigenvalue weighted by molar-refractivity contribution is -0.0794. The highest BCUT2D eigenvalue weighted by molar-refractivity contribution is 7.09. The Hall–Kier alpha value is -1.59. The normalized spacial score (nSPS) is 20.7. The van der Waals surface area contributed by atoms with Gasteiger partial charge in [-0.05, 0) is 50.3 Å². The van der Waals surface area contributed by atoms with E-state index in [9.17, 15) is 4.79 Å². The summed E-state index contributed by atoms with van der Waals surface area (Å²) < 4.78 is 11.1. The van der Waals surface area contributed by atoms with Crippen molar-refractivity contribution in [3.8, 4) is 0 Å². The fourth-order valence-corrected chi connectivity index (χ4v) is 3.65. The number of hydrogen-bond acceptors (Lipinski definition) is 4. The van der Waals surface area contributed by atoms with Crippen LogP contribution in [-0.4, -0.2) is 29.1 Å². The van der Waals surface area contributed by atoms with Gasteiger partial charge in [0.15, 0.2) is 5.76 Å². The minimum atomic E-state index is -0.194. The average Bonchev–Trinajstić information content (AvgIpc) is 3.16. The molecule has 118 valence electrons. The summed E-state index contributed by atoms with van der Waals surface area (Å²) in [7, 11) is 0. The van der Waals surface area contributed by atoms with Crippen LogP contribution in [0.3, 0.4) is 0 Å². The van der Waals surface area contributed by atoms with Gasteiger partial charge in [-0.15, -0.1) is 11.3 Å². The molecule has 0 unspecified atom stereocenters. The molecule has 1 amide bonds. The molecule has 0 radical (unpaired) electrons. The third-order valence-electron chi connectivity index (χ3n) is 4.01. The van der Waals surface area contributed by atoms with E-state index in [0.29, 0.717) is 18.9 Å². The number of furan rings is 1. The van der Waals surface area contributed by atoms with E-state index in [1.165, 1.54) is 4.88 Å². The van der Waals surface area contributed by atoms with Crippen molar-refractivity contribution < 1.29 is 13.9 Å². The molecule has 1 aliphatic heterocycles. The molecule has 0 bridgehead atoms. The van der Waals surface area contributed by atoms with Crippen LogP contribution in [-0.2, 0) is 11.3 Å². The Morgan fingerprint density at radius 3 is 2.91 bits per heavy atom. The summed E-state index contributed by atoms with van der Waals surface area (Å²) in [5.41, 5.74) is -0.194. The van der Waals surface area contributed by atoms with Gasteiger partial charge in [0.25, 0.3) is 5.91 Å². The molecule has 4 nitrogen and oxygen atoms in total. The van der Waals surface area contributed by atoms with Crippen LogP contribution in [0.15, 0.2) is 40.3 Å². The maximum Gasteiger partial charge on any atom is 0.290 e. The van der Waals surface area contributed by atoms with Gasteiger partial charge >= 0.3 is 0 Å². The molecule has 1 fully saturated rings. The Balaban J connectivity index is 1.83. The summed E-state index contributed by atoms with van der Waals surface area (Å²) in [5, 5.41) is 2.04. The quantitative estimate of drug-likeness (QED) is 0.857. The van der Waals surface area contributed by atoms with Crippen molar-refractivity contribution in [2.45, 2.75) is 44.9 Å². The van der Waals surface area contributed by atoms with Gasteiger partial charge in [0, 0.05) is 17.5 Å². The van der Waals surface area contributed by atoms with E-state index in [1.807, 2.05) is 16.3 Å². The molecule has 0 N–H and O–H groups in total. The number of hydrogen-bond donors (Lipinski definition) is 0. The predicted molar refractivity (Wildman–Crippen MR) is 86.0 cm³/mol. The van der Waals surface area contributed by atoms with Crippen LogP contribution in [0.4, 0.5) is 0 Å². The van der Waals surface area contributed by atoms with Crippen molar-refractivity contribution >= 4 is 17.2 Å². The first-order chi connectivity index (χ1) is 10.6. The number of carbonyl (C=O) groups is 1. The second-order valence-electron chi connectivity index (χ2n) is 6.24. The maximum absolute atomic E-state index is 12.8. The van der Waals surface area contributed by atoms with Crippen LogP contribution in [0.1, 0.15) is 42.1 Å². The molecule has 2 aromatic heterocycles. The van der Waals surface area contributed by atoms with Gasteiger partial charge < -0.3 is 14.1 Å². The van der Waals surface area contributed by atoms with Crippen LogP contribution in [0.25, 0.3) is 0 Å². The summed E-state index contributed by atoms with van der Waals surface area (Å²) in [5.74, 6) is 0.363. The topological polar surface area (TPSA) is 42.7 Å². The first-order valence-electron chi connectivity index (χ1n) is 7.56. The van der Waals surface area contributed by atoms with Crippen LogP contribution in [0, 0.1) is 0 Å². The lowest BCUT2D eigenvalue weighted by Crippen LogP contribution is -2.48. The molecule has 22 heavy (non-hydrogen) atoms. The molecule has 0 aliphatic carbocycles. The van der Waals surface area contributed by atoms with Crippen LogP contribution in [0.5, 0.6) is 0 Å². The molecule has 3 rings (SSSR count). The zero-order chi connectivity index (χ0) is 15.6. The first kappa shape index (κ1) is 15.3. The van der Waals surface area contributed by atoms with Gasteiger partial charge in [-0.25, -0.2) is 0 Å². The Morgan fingerprint density at radius 1 is 1.41 bits per heavy atom. The van der Waals surface area contributed by atoms with Gasteiger partial charge in [0.2, 0.25) is 0 Å². The predicted octanol–water partition coefficient (Wildman–Crippen LogP) is 3.94. The largest absolute Gasteiger partial charge is 0.459 e. The first-order valence-corrected chi connectivity index (χ1v) is 8.44. The van der Waals surface area contributed by atoms with E-state index >= 15 is 0 Å². The van der Waals surface area contributed by atoms with Crippen molar-refractivity contribution in [3.05, 3.63) is 46.5 Å². The molecular weight excluding hydrogens is 298 g/mol. The minimum absolute atomic E-state index is 0.0406. The van der Waals surface area contributed by atoms with Crippen LogP contribution >= 0.6 is 11.3 Å². The van der Waals surface area contributed by atoms with Gasteiger partial charge in [0.05, 0.1) is 18.4 Å². The van der Waals surface area contributed by atoms with Crippen molar-refractivity contribution in [1.82, 2.24) is 4.90 Å². The van der Waals surface area contributed by atoms with E-state index in [1.54, 1.807) is 29.7 Å². The monoisotopic (exact) mass is 319 g/mol. The molecule has 0 spiro atoms. The van der Waals surface area contributed by atoms with Crippen molar-refractivity contribution in [3.63, 3.8) is 0 Å². The number of rotatable bonds is 4. The molecule has 0 saturated carbocycles. The molecule has 1 saturated heterocycles. The number of nitrogens with zero attached hydrogens (tertiary/aromatic N) is 1. The molecule has 2 aromatic rings. The fraction of sp³-hybridized carbons (Fsp3) is 0.471. The van der Waals surface area contributed by atoms with Crippen molar-refractivity contribution in [2.75, 3.05) is 6.61 Å². The molecule has 1 atom stereocenters. The lowest BCUT2D eigenvalue weighted by atomic mass is 9.92. The van der Waals surface area contributed by atoms with E-state index in [2.05, 4.69) is 19.9 Å². The van der Waals surface area contributed by atoms with Gasteiger partial charge in [-0.2, -0.15) is 0 Å². The summed E-state index contributed by atoms with van der Waals surface area (Å²) >= 11 is 1.67. The molecular formula is C17H21NO3S. The smallest absolute Gasteiger partial charge is 0.290 e. The highest BCUT2D eigenvalue weighted by atomic mass is 32.1. The summed E-state index contributed by atoms with van der Waals surface area (Å²) in [6, 6.07) is 7.74. The molecule has 5 heteroatoms. The van der Waals surface area contributed by atoms with Crippen LogP contribution < -0.4 is 0 Å². The molecule has 1 aliphatic rings. The fourth-order valence-electron chi connectivity index (χ4n) is 2.94. The summed E-state index contributed by atoms with van der Waals surface area (Å²) in [6.45, 7) is 5.47. The third kappa shape index (κ3) is 3.42. The summed E-state index contributed by atoms with van der Waals surface area (Å²) in [6.07, 6.45) is 3.25.